The van der Waals surface area contributed by atoms with Crippen LogP contribution in [0.3, 0.4) is 0 Å². The van der Waals surface area contributed by atoms with E-state index >= 15 is 0 Å². The molecule has 100 valence electrons. The summed E-state index contributed by atoms with van der Waals surface area (Å²) in [4.78, 5) is 15.3. The van der Waals surface area contributed by atoms with Crippen LogP contribution in [0.1, 0.15) is 14.5 Å². The van der Waals surface area contributed by atoms with Gasteiger partial charge in [0.15, 0.2) is 5.78 Å². The average molecular weight is 298 g/mol. The first-order valence-electron chi connectivity index (χ1n) is 6.43. The van der Waals surface area contributed by atoms with E-state index in [1.807, 2.05) is 31.2 Å². The topological polar surface area (TPSA) is 17.1 Å². The summed E-state index contributed by atoms with van der Waals surface area (Å²) in [5.74, 6) is 0.708. The van der Waals surface area contributed by atoms with Gasteiger partial charge in [-0.3, -0.25) is 4.79 Å². The molecule has 0 bridgehead atoms. The van der Waals surface area contributed by atoms with Gasteiger partial charge in [-0.1, -0.05) is 30.3 Å². The molecule has 0 radical (unpaired) electrons. The fourth-order valence-electron chi connectivity index (χ4n) is 2.06. The molecule has 1 aromatic heterocycles. The molecule has 3 heteroatoms. The smallest absolute Gasteiger partial charge is 0.182 e. The summed E-state index contributed by atoms with van der Waals surface area (Å²) in [5, 5.41) is 2.45. The van der Waals surface area contributed by atoms with Crippen molar-refractivity contribution in [3.8, 4) is 0 Å². The molecule has 3 rings (SSSR count). The minimum absolute atomic E-state index is 0.209. The molecular formula is C17H14OS2. The Morgan fingerprint density at radius 3 is 2.60 bits per heavy atom. The van der Waals surface area contributed by atoms with E-state index in [9.17, 15) is 4.79 Å². The molecule has 0 fully saturated rings. The van der Waals surface area contributed by atoms with Crippen LogP contribution in [0.4, 0.5) is 0 Å². The molecule has 0 saturated heterocycles. The Labute approximate surface area is 126 Å². The lowest BCUT2D eigenvalue weighted by Crippen LogP contribution is -1.98. The molecular weight excluding hydrogens is 284 g/mol. The minimum Gasteiger partial charge on any atom is -0.292 e. The van der Waals surface area contributed by atoms with E-state index < -0.39 is 0 Å². The SMILES string of the molecule is Cc1ccc(C(=O)CSc2ccc3ccccc3c2)s1. The summed E-state index contributed by atoms with van der Waals surface area (Å²) < 4.78 is 0. The number of carbonyl (C=O) groups is 1. The van der Waals surface area contributed by atoms with Crippen LogP contribution in [0.2, 0.25) is 0 Å². The van der Waals surface area contributed by atoms with E-state index in [1.165, 1.54) is 15.6 Å². The number of hydrogen-bond acceptors (Lipinski definition) is 3. The predicted molar refractivity (Wildman–Crippen MR) is 88.1 cm³/mol. The van der Waals surface area contributed by atoms with Crippen LogP contribution in [0.5, 0.6) is 0 Å². The summed E-state index contributed by atoms with van der Waals surface area (Å²) in [6.45, 7) is 2.03. The highest BCUT2D eigenvalue weighted by Gasteiger charge is 2.09. The molecule has 3 aromatic rings. The number of benzene rings is 2. The second-order valence-corrected chi connectivity index (χ2v) is 6.97. The van der Waals surface area contributed by atoms with Crippen molar-refractivity contribution in [3.05, 3.63) is 64.4 Å². The molecule has 2 aromatic carbocycles. The van der Waals surface area contributed by atoms with Crippen LogP contribution in [0.25, 0.3) is 10.8 Å². The Morgan fingerprint density at radius 1 is 1.05 bits per heavy atom. The Morgan fingerprint density at radius 2 is 1.85 bits per heavy atom. The summed E-state index contributed by atoms with van der Waals surface area (Å²) in [5.41, 5.74) is 0. The van der Waals surface area contributed by atoms with Crippen LogP contribution >= 0.6 is 23.1 Å². The number of Topliss-reactive ketones (excluding diaryl/α,β-unsaturated/α-hetero) is 1. The summed E-state index contributed by atoms with van der Waals surface area (Å²) >= 11 is 3.18. The van der Waals surface area contributed by atoms with Crippen molar-refractivity contribution < 1.29 is 4.79 Å². The van der Waals surface area contributed by atoms with E-state index in [0.29, 0.717) is 5.75 Å². The highest BCUT2D eigenvalue weighted by molar-refractivity contribution is 8.00. The fraction of sp³-hybridized carbons (Fsp3) is 0.118. The maximum Gasteiger partial charge on any atom is 0.182 e. The lowest BCUT2D eigenvalue weighted by atomic mass is 10.1. The zero-order valence-electron chi connectivity index (χ0n) is 11.1. The Bertz CT molecular complexity index is 758. The van der Waals surface area contributed by atoms with Gasteiger partial charge in [0.05, 0.1) is 10.6 Å². The zero-order chi connectivity index (χ0) is 13.9. The van der Waals surface area contributed by atoms with Gasteiger partial charge in [-0.05, 0) is 42.0 Å². The fourth-order valence-corrected chi connectivity index (χ4v) is 3.79. The predicted octanol–water partition coefficient (Wildman–Crippen LogP) is 5.18. The molecule has 20 heavy (non-hydrogen) atoms. The molecule has 0 aliphatic heterocycles. The number of carbonyl (C=O) groups excluding carboxylic acids is 1. The van der Waals surface area contributed by atoms with Crippen LogP contribution < -0.4 is 0 Å². The summed E-state index contributed by atoms with van der Waals surface area (Å²) in [7, 11) is 0. The maximum absolute atomic E-state index is 12.1. The van der Waals surface area contributed by atoms with Gasteiger partial charge in [0, 0.05) is 9.77 Å². The van der Waals surface area contributed by atoms with Gasteiger partial charge in [0.2, 0.25) is 0 Å². The maximum atomic E-state index is 12.1. The molecule has 0 spiro atoms. The average Bonchev–Trinajstić information content (AvgIpc) is 2.91. The first-order chi connectivity index (χ1) is 9.72. The van der Waals surface area contributed by atoms with E-state index in [4.69, 9.17) is 0 Å². The van der Waals surface area contributed by atoms with Crippen molar-refractivity contribution in [3.63, 3.8) is 0 Å². The van der Waals surface area contributed by atoms with Gasteiger partial charge in [-0.2, -0.15) is 0 Å². The highest BCUT2D eigenvalue weighted by atomic mass is 32.2. The molecule has 0 atom stereocenters. The van der Waals surface area contributed by atoms with Gasteiger partial charge >= 0.3 is 0 Å². The number of thioether (sulfide) groups is 1. The van der Waals surface area contributed by atoms with Gasteiger partial charge in [-0.15, -0.1) is 23.1 Å². The lowest BCUT2D eigenvalue weighted by Gasteiger charge is -2.03. The van der Waals surface area contributed by atoms with Gasteiger partial charge < -0.3 is 0 Å². The van der Waals surface area contributed by atoms with Crippen molar-refractivity contribution in [2.75, 3.05) is 5.75 Å². The van der Waals surface area contributed by atoms with Crippen molar-refractivity contribution in [2.24, 2.45) is 0 Å². The number of rotatable bonds is 4. The van der Waals surface area contributed by atoms with E-state index in [0.717, 1.165) is 9.77 Å². The van der Waals surface area contributed by atoms with E-state index in [2.05, 4.69) is 30.3 Å². The molecule has 0 saturated carbocycles. The van der Waals surface area contributed by atoms with Crippen LogP contribution in [0, 0.1) is 6.92 Å². The van der Waals surface area contributed by atoms with Crippen molar-refractivity contribution in [1.29, 1.82) is 0 Å². The number of ketones is 1. The lowest BCUT2D eigenvalue weighted by molar-refractivity contribution is 0.102. The van der Waals surface area contributed by atoms with Gasteiger partial charge in [0.25, 0.3) is 0 Å². The third kappa shape index (κ3) is 2.94. The minimum atomic E-state index is 0.209. The molecule has 0 amide bonds. The van der Waals surface area contributed by atoms with Gasteiger partial charge in [-0.25, -0.2) is 0 Å². The standard InChI is InChI=1S/C17H14OS2/c1-12-6-9-17(20-12)16(18)11-19-15-8-7-13-4-2-3-5-14(13)10-15/h2-10H,11H2,1H3. The Balaban J connectivity index is 1.72. The molecule has 1 heterocycles. The van der Waals surface area contributed by atoms with Gasteiger partial charge in [0.1, 0.15) is 0 Å². The second-order valence-electron chi connectivity index (χ2n) is 4.63. The zero-order valence-corrected chi connectivity index (χ0v) is 12.8. The molecule has 0 aliphatic rings. The normalized spacial score (nSPS) is 10.8. The monoisotopic (exact) mass is 298 g/mol. The first kappa shape index (κ1) is 13.4. The highest BCUT2D eigenvalue weighted by Crippen LogP contribution is 2.25. The number of fused-ring (bicyclic) bond motifs is 1. The Hall–Kier alpha value is -1.58. The van der Waals surface area contributed by atoms with Crippen LogP contribution in [0.15, 0.2) is 59.5 Å². The molecule has 0 unspecified atom stereocenters. The number of hydrogen-bond donors (Lipinski definition) is 0. The van der Waals surface area contributed by atoms with Crippen molar-refractivity contribution >= 4 is 39.7 Å². The molecule has 0 aliphatic carbocycles. The van der Waals surface area contributed by atoms with E-state index in [1.54, 1.807) is 23.1 Å². The summed E-state index contributed by atoms with van der Waals surface area (Å²) in [6.07, 6.45) is 0. The molecule has 1 nitrogen and oxygen atoms in total. The quantitative estimate of drug-likeness (QED) is 0.487. The third-order valence-corrected chi connectivity index (χ3v) is 5.14. The Kier molecular flexibility index (Phi) is 3.90. The van der Waals surface area contributed by atoms with E-state index in [-0.39, 0.29) is 5.78 Å². The van der Waals surface area contributed by atoms with Crippen molar-refractivity contribution in [2.45, 2.75) is 11.8 Å². The van der Waals surface area contributed by atoms with Crippen LogP contribution in [-0.2, 0) is 0 Å². The second kappa shape index (κ2) is 5.81. The van der Waals surface area contributed by atoms with Crippen molar-refractivity contribution in [1.82, 2.24) is 0 Å². The molecule has 0 N–H and O–H groups in total. The van der Waals surface area contributed by atoms with Crippen LogP contribution in [-0.4, -0.2) is 11.5 Å². The summed E-state index contributed by atoms with van der Waals surface area (Å²) in [6, 6.07) is 18.5. The number of aryl methyl sites for hydroxylation is 1. The largest absolute Gasteiger partial charge is 0.292 e. The number of thiophene rings is 1. The first-order valence-corrected chi connectivity index (χ1v) is 8.24. The third-order valence-electron chi connectivity index (χ3n) is 3.11.